The van der Waals surface area contributed by atoms with Gasteiger partial charge in [0.25, 0.3) is 0 Å². The first-order chi connectivity index (χ1) is 10.8. The Morgan fingerprint density at radius 1 is 1.39 bits per heavy atom. The van der Waals surface area contributed by atoms with Crippen molar-refractivity contribution in [3.63, 3.8) is 0 Å². The number of fused-ring (bicyclic) bond motifs is 1. The molecular formula is C18H23N3O2. The third kappa shape index (κ3) is 3.23. The Bertz CT molecular complexity index is 728. The summed E-state index contributed by atoms with van der Waals surface area (Å²) in [6.45, 7) is 5.61. The zero-order chi connectivity index (χ0) is 16.6. The highest BCUT2D eigenvalue weighted by Gasteiger charge is 2.28. The van der Waals surface area contributed by atoms with Crippen LogP contribution in [0.25, 0.3) is 11.4 Å². The maximum atomic E-state index is 12.0. The molecule has 5 nitrogen and oxygen atoms in total. The maximum absolute atomic E-state index is 12.0. The van der Waals surface area contributed by atoms with E-state index in [4.69, 9.17) is 4.74 Å². The molecule has 5 heteroatoms. The lowest BCUT2D eigenvalue weighted by atomic mass is 10.0. The summed E-state index contributed by atoms with van der Waals surface area (Å²) in [7, 11) is 1.99. The number of carbonyl (C=O) groups excluding carboxylic acids is 1. The summed E-state index contributed by atoms with van der Waals surface area (Å²) in [6, 6.07) is 6.20. The van der Waals surface area contributed by atoms with E-state index in [0.29, 0.717) is 0 Å². The van der Waals surface area contributed by atoms with Gasteiger partial charge in [-0.2, -0.15) is 0 Å². The number of hydrogen-bond acceptors (Lipinski definition) is 3. The fourth-order valence-electron chi connectivity index (χ4n) is 3.09. The first-order valence-corrected chi connectivity index (χ1v) is 7.94. The number of nitrogens with one attached hydrogen (secondary N) is 1. The summed E-state index contributed by atoms with van der Waals surface area (Å²) >= 11 is 0. The molecule has 23 heavy (non-hydrogen) atoms. The van der Waals surface area contributed by atoms with Gasteiger partial charge >= 0.3 is 6.09 Å². The molecule has 0 bridgehead atoms. The van der Waals surface area contributed by atoms with Crippen LogP contribution >= 0.6 is 0 Å². The fourth-order valence-corrected chi connectivity index (χ4v) is 3.09. The first-order valence-electron chi connectivity index (χ1n) is 7.94. The highest BCUT2D eigenvalue weighted by Crippen LogP contribution is 2.37. The summed E-state index contributed by atoms with van der Waals surface area (Å²) in [6.07, 6.45) is 5.20. The van der Waals surface area contributed by atoms with Crippen LogP contribution in [0.15, 0.2) is 30.6 Å². The van der Waals surface area contributed by atoms with Crippen molar-refractivity contribution < 1.29 is 9.53 Å². The second-order valence-electron chi connectivity index (χ2n) is 6.97. The zero-order valence-corrected chi connectivity index (χ0v) is 14.1. The summed E-state index contributed by atoms with van der Waals surface area (Å²) in [5, 5.41) is 2.99. The number of ether oxygens (including phenoxy) is 1. The molecule has 0 radical (unpaired) electrons. The van der Waals surface area contributed by atoms with Gasteiger partial charge in [-0.3, -0.25) is 0 Å². The number of aryl methyl sites for hydroxylation is 1. The summed E-state index contributed by atoms with van der Waals surface area (Å²) in [5.41, 5.74) is 3.09. The molecule has 1 amide bonds. The minimum absolute atomic E-state index is 0.0000633. The van der Waals surface area contributed by atoms with E-state index in [1.165, 1.54) is 5.56 Å². The Hall–Kier alpha value is -2.30. The van der Waals surface area contributed by atoms with Gasteiger partial charge in [0.05, 0.1) is 6.04 Å². The Labute approximate surface area is 136 Å². The Balaban J connectivity index is 1.84. The van der Waals surface area contributed by atoms with Crippen LogP contribution in [-0.2, 0) is 18.2 Å². The number of nitrogens with zero attached hydrogens (tertiary/aromatic N) is 2. The van der Waals surface area contributed by atoms with Crippen LogP contribution in [0.2, 0.25) is 0 Å². The third-order valence-electron chi connectivity index (χ3n) is 4.02. The number of alkyl carbamates (subject to hydrolysis) is 1. The van der Waals surface area contributed by atoms with Crippen LogP contribution in [0.4, 0.5) is 4.79 Å². The summed E-state index contributed by atoms with van der Waals surface area (Å²) in [5.74, 6) is 0.958. The first kappa shape index (κ1) is 15.6. The van der Waals surface area contributed by atoms with E-state index in [-0.39, 0.29) is 12.1 Å². The Morgan fingerprint density at radius 3 is 2.83 bits per heavy atom. The molecule has 0 fully saturated rings. The van der Waals surface area contributed by atoms with Crippen LogP contribution in [-0.4, -0.2) is 21.2 Å². The second kappa shape index (κ2) is 5.72. The van der Waals surface area contributed by atoms with E-state index in [9.17, 15) is 4.79 Å². The average molecular weight is 313 g/mol. The van der Waals surface area contributed by atoms with Crippen molar-refractivity contribution in [2.45, 2.75) is 45.3 Å². The molecule has 0 saturated carbocycles. The minimum Gasteiger partial charge on any atom is -0.444 e. The highest BCUT2D eigenvalue weighted by molar-refractivity contribution is 5.70. The smallest absolute Gasteiger partial charge is 0.408 e. The standard InChI is InChI=1S/C18H23N3O2/c1-18(2,3)23-17(22)20-15-9-8-12-13(15)6-5-7-14(12)16-19-10-11-21(16)4/h5-7,10-11,15H,8-9H2,1-4H3,(H,20,22). The van der Waals surface area contributed by atoms with Gasteiger partial charge in [-0.15, -0.1) is 0 Å². The maximum Gasteiger partial charge on any atom is 0.408 e. The van der Waals surface area contributed by atoms with Gasteiger partial charge in [-0.1, -0.05) is 18.2 Å². The predicted molar refractivity (Wildman–Crippen MR) is 89.1 cm³/mol. The van der Waals surface area contributed by atoms with Gasteiger partial charge in [0.2, 0.25) is 0 Å². The lowest BCUT2D eigenvalue weighted by molar-refractivity contribution is 0.0503. The number of benzene rings is 1. The largest absolute Gasteiger partial charge is 0.444 e. The van der Waals surface area contributed by atoms with Crippen LogP contribution in [0.1, 0.15) is 44.4 Å². The van der Waals surface area contributed by atoms with Gasteiger partial charge in [0.1, 0.15) is 11.4 Å². The number of rotatable bonds is 2. The molecule has 1 heterocycles. The molecule has 1 atom stereocenters. The molecule has 1 unspecified atom stereocenters. The Morgan fingerprint density at radius 2 is 2.17 bits per heavy atom. The van der Waals surface area contributed by atoms with Gasteiger partial charge in [-0.05, 0) is 44.7 Å². The molecule has 0 saturated heterocycles. The van der Waals surface area contributed by atoms with Crippen molar-refractivity contribution in [3.05, 3.63) is 41.7 Å². The second-order valence-corrected chi connectivity index (χ2v) is 6.97. The van der Waals surface area contributed by atoms with Crippen LogP contribution in [0.5, 0.6) is 0 Å². The fraction of sp³-hybridized carbons (Fsp3) is 0.444. The third-order valence-corrected chi connectivity index (χ3v) is 4.02. The van der Waals surface area contributed by atoms with Gasteiger partial charge < -0.3 is 14.6 Å². The van der Waals surface area contributed by atoms with Crippen molar-refractivity contribution in [1.29, 1.82) is 0 Å². The summed E-state index contributed by atoms with van der Waals surface area (Å²) in [4.78, 5) is 16.5. The number of amides is 1. The molecule has 1 N–H and O–H groups in total. The molecule has 1 aromatic heterocycles. The molecule has 122 valence electrons. The lowest BCUT2D eigenvalue weighted by Crippen LogP contribution is -2.34. The number of imidazole rings is 1. The topological polar surface area (TPSA) is 56.2 Å². The van der Waals surface area contributed by atoms with Crippen molar-refractivity contribution >= 4 is 6.09 Å². The van der Waals surface area contributed by atoms with Gasteiger partial charge in [0.15, 0.2) is 0 Å². The SMILES string of the molecule is Cn1ccnc1-c1cccc2c1CCC2NC(=O)OC(C)(C)C. The van der Waals surface area contributed by atoms with E-state index < -0.39 is 5.60 Å². The molecule has 1 aliphatic carbocycles. The molecule has 2 aromatic rings. The molecule has 0 spiro atoms. The van der Waals surface area contributed by atoms with Crippen molar-refractivity contribution in [3.8, 4) is 11.4 Å². The van der Waals surface area contributed by atoms with Crippen molar-refractivity contribution in [1.82, 2.24) is 14.9 Å². The predicted octanol–water partition coefficient (Wildman–Crippen LogP) is 3.60. The number of aromatic nitrogens is 2. The van der Waals surface area contributed by atoms with Crippen molar-refractivity contribution in [2.24, 2.45) is 7.05 Å². The van der Waals surface area contributed by atoms with E-state index in [1.807, 2.05) is 44.6 Å². The molecule has 1 aromatic carbocycles. The van der Waals surface area contributed by atoms with E-state index in [2.05, 4.69) is 22.4 Å². The zero-order valence-electron chi connectivity index (χ0n) is 14.1. The number of carbonyl (C=O) groups is 1. The average Bonchev–Trinajstić information content (AvgIpc) is 3.03. The lowest BCUT2D eigenvalue weighted by Gasteiger charge is -2.22. The molecule has 1 aliphatic rings. The molecular weight excluding hydrogens is 290 g/mol. The normalized spacial score (nSPS) is 17.0. The van der Waals surface area contributed by atoms with Crippen LogP contribution in [0, 0.1) is 0 Å². The van der Waals surface area contributed by atoms with E-state index >= 15 is 0 Å². The number of hydrogen-bond donors (Lipinski definition) is 1. The van der Waals surface area contributed by atoms with Gasteiger partial charge in [0, 0.05) is 25.0 Å². The highest BCUT2D eigenvalue weighted by atomic mass is 16.6. The quantitative estimate of drug-likeness (QED) is 0.921. The molecule has 3 rings (SSSR count). The Kier molecular flexibility index (Phi) is 3.88. The van der Waals surface area contributed by atoms with E-state index in [1.54, 1.807) is 6.20 Å². The van der Waals surface area contributed by atoms with Crippen molar-refractivity contribution in [2.75, 3.05) is 0 Å². The molecule has 0 aliphatic heterocycles. The van der Waals surface area contributed by atoms with Crippen LogP contribution in [0.3, 0.4) is 0 Å². The summed E-state index contributed by atoms with van der Waals surface area (Å²) < 4.78 is 7.39. The monoisotopic (exact) mass is 313 g/mol. The van der Waals surface area contributed by atoms with E-state index in [0.717, 1.165) is 29.8 Å². The van der Waals surface area contributed by atoms with Gasteiger partial charge in [-0.25, -0.2) is 9.78 Å². The van der Waals surface area contributed by atoms with Crippen LogP contribution < -0.4 is 5.32 Å². The minimum atomic E-state index is -0.486.